The van der Waals surface area contributed by atoms with Gasteiger partial charge >= 0.3 is 0 Å². The van der Waals surface area contributed by atoms with E-state index in [-0.39, 0.29) is 29.7 Å². The fourth-order valence-electron chi connectivity index (χ4n) is 2.92. The number of benzene rings is 2. The highest BCUT2D eigenvalue weighted by Gasteiger charge is 2.16. The lowest BCUT2D eigenvalue weighted by Crippen LogP contribution is -2.18. The van der Waals surface area contributed by atoms with Gasteiger partial charge in [0, 0.05) is 30.1 Å². The Labute approximate surface area is 188 Å². The Bertz CT molecular complexity index is 1130. The van der Waals surface area contributed by atoms with Crippen LogP contribution >= 0.6 is 11.8 Å². The third kappa shape index (κ3) is 5.91. The molecule has 0 bridgehead atoms. The van der Waals surface area contributed by atoms with Gasteiger partial charge < -0.3 is 15.2 Å². The summed E-state index contributed by atoms with van der Waals surface area (Å²) < 4.78 is 1.79. The summed E-state index contributed by atoms with van der Waals surface area (Å²) in [4.78, 5) is 34.9. The zero-order valence-corrected chi connectivity index (χ0v) is 18.4. The third-order valence-corrected chi connectivity index (χ3v) is 5.51. The molecular weight excluding hydrogens is 432 g/mol. The lowest BCUT2D eigenvalue weighted by Gasteiger charge is -2.09. The fourth-order valence-corrected chi connectivity index (χ4v) is 3.74. The molecule has 0 aliphatic rings. The molecule has 1 aromatic heterocycles. The molecule has 0 unspecified atom stereocenters. The van der Waals surface area contributed by atoms with Crippen LogP contribution in [0.25, 0.3) is 0 Å². The first-order chi connectivity index (χ1) is 15.4. The minimum absolute atomic E-state index is 0.0487. The van der Waals surface area contributed by atoms with Gasteiger partial charge in [0.25, 0.3) is 5.69 Å². The highest BCUT2D eigenvalue weighted by atomic mass is 32.2. The topological polar surface area (TPSA) is 132 Å². The Morgan fingerprint density at radius 2 is 1.78 bits per heavy atom. The molecule has 1 heterocycles. The van der Waals surface area contributed by atoms with Crippen molar-refractivity contribution in [2.24, 2.45) is 0 Å². The van der Waals surface area contributed by atoms with Crippen molar-refractivity contribution in [3.63, 3.8) is 0 Å². The van der Waals surface area contributed by atoms with Crippen LogP contribution in [0.4, 0.5) is 17.1 Å². The van der Waals surface area contributed by atoms with Crippen molar-refractivity contribution in [3.05, 3.63) is 70.0 Å². The number of nitrogens with one attached hydrogen (secondary N) is 2. The summed E-state index contributed by atoms with van der Waals surface area (Å²) in [5, 5.41) is 25.0. The van der Waals surface area contributed by atoms with Crippen LogP contribution in [-0.2, 0) is 22.6 Å². The molecule has 0 saturated carbocycles. The zero-order chi connectivity index (χ0) is 23.1. The van der Waals surface area contributed by atoms with Gasteiger partial charge in [0.15, 0.2) is 5.16 Å². The molecule has 2 N–H and O–H groups in total. The van der Waals surface area contributed by atoms with Crippen molar-refractivity contribution >= 4 is 40.6 Å². The van der Waals surface area contributed by atoms with Gasteiger partial charge in [-0.3, -0.25) is 19.7 Å². The molecule has 11 heteroatoms. The number of nitrogens with zero attached hydrogens (tertiary/aromatic N) is 4. The van der Waals surface area contributed by atoms with E-state index in [4.69, 9.17) is 0 Å². The monoisotopic (exact) mass is 454 g/mol. The molecule has 0 saturated heterocycles. The summed E-state index contributed by atoms with van der Waals surface area (Å²) in [6.45, 7) is 4.38. The summed E-state index contributed by atoms with van der Waals surface area (Å²) in [6.07, 6.45) is 0.0602. The molecule has 10 nitrogen and oxygen atoms in total. The average molecular weight is 455 g/mol. The first-order valence-corrected chi connectivity index (χ1v) is 10.8. The predicted octanol–water partition coefficient (Wildman–Crippen LogP) is 3.43. The largest absolute Gasteiger partial charge is 0.325 e. The molecule has 3 rings (SSSR count). The van der Waals surface area contributed by atoms with Crippen molar-refractivity contribution < 1.29 is 14.5 Å². The molecule has 32 heavy (non-hydrogen) atoms. The van der Waals surface area contributed by atoms with Crippen LogP contribution in [0.3, 0.4) is 0 Å². The number of nitro benzene ring substituents is 1. The van der Waals surface area contributed by atoms with E-state index >= 15 is 0 Å². The van der Waals surface area contributed by atoms with Crippen LogP contribution < -0.4 is 10.6 Å². The van der Waals surface area contributed by atoms with Gasteiger partial charge in [0.1, 0.15) is 5.82 Å². The predicted molar refractivity (Wildman–Crippen MR) is 122 cm³/mol. The average Bonchev–Trinajstić information content (AvgIpc) is 3.15. The lowest BCUT2D eigenvalue weighted by atomic mass is 10.2. The van der Waals surface area contributed by atoms with Gasteiger partial charge in [-0.15, -0.1) is 10.2 Å². The Hall–Kier alpha value is -3.73. The van der Waals surface area contributed by atoms with Crippen LogP contribution in [0, 0.1) is 17.0 Å². The quantitative estimate of drug-likeness (QED) is 0.288. The third-order valence-electron chi connectivity index (χ3n) is 4.54. The first-order valence-electron chi connectivity index (χ1n) is 9.82. The second-order valence-corrected chi connectivity index (χ2v) is 7.77. The fraction of sp³-hybridized carbons (Fsp3) is 0.238. The summed E-state index contributed by atoms with van der Waals surface area (Å²) in [5.74, 6) is 0.101. The molecule has 0 spiro atoms. The van der Waals surface area contributed by atoms with Crippen LogP contribution in [0.1, 0.15) is 18.3 Å². The SMILES string of the molecule is CCn1c(CC(=O)Nc2ccccc2C)nnc1SCC(=O)Nc1ccc([N+](=O)[O-])cc1. The van der Waals surface area contributed by atoms with Gasteiger partial charge in [0.05, 0.1) is 17.1 Å². The number of carbonyl (C=O) groups is 2. The molecule has 0 aliphatic heterocycles. The van der Waals surface area contributed by atoms with Gasteiger partial charge in [0.2, 0.25) is 11.8 Å². The van der Waals surface area contributed by atoms with E-state index in [1.165, 1.54) is 36.0 Å². The van der Waals surface area contributed by atoms with Gasteiger partial charge in [-0.2, -0.15) is 0 Å². The number of amides is 2. The van der Waals surface area contributed by atoms with Crippen molar-refractivity contribution in [3.8, 4) is 0 Å². The zero-order valence-electron chi connectivity index (χ0n) is 17.6. The number of carbonyl (C=O) groups excluding carboxylic acids is 2. The Kier molecular flexibility index (Phi) is 7.55. The van der Waals surface area contributed by atoms with E-state index < -0.39 is 4.92 Å². The van der Waals surface area contributed by atoms with Gasteiger partial charge in [-0.25, -0.2) is 0 Å². The minimum Gasteiger partial charge on any atom is -0.325 e. The number of para-hydroxylation sites is 1. The van der Waals surface area contributed by atoms with E-state index in [2.05, 4.69) is 20.8 Å². The van der Waals surface area contributed by atoms with Gasteiger partial charge in [-0.05, 0) is 37.6 Å². The molecule has 2 amide bonds. The number of nitro groups is 1. The van der Waals surface area contributed by atoms with E-state index in [0.29, 0.717) is 23.2 Å². The second kappa shape index (κ2) is 10.5. The van der Waals surface area contributed by atoms with Crippen LogP contribution in [-0.4, -0.2) is 37.3 Å². The van der Waals surface area contributed by atoms with Crippen molar-refractivity contribution in [1.29, 1.82) is 0 Å². The maximum Gasteiger partial charge on any atom is 0.269 e. The molecule has 0 aliphatic carbocycles. The molecule has 0 fully saturated rings. The number of thioether (sulfide) groups is 1. The molecule has 0 atom stereocenters. The normalized spacial score (nSPS) is 10.6. The van der Waals surface area contributed by atoms with Crippen molar-refractivity contribution in [2.45, 2.75) is 32.0 Å². The summed E-state index contributed by atoms with van der Waals surface area (Å²) >= 11 is 1.20. The summed E-state index contributed by atoms with van der Waals surface area (Å²) in [6, 6.07) is 13.1. The Morgan fingerprint density at radius 3 is 2.44 bits per heavy atom. The Morgan fingerprint density at radius 1 is 1.06 bits per heavy atom. The highest BCUT2D eigenvalue weighted by Crippen LogP contribution is 2.20. The number of non-ortho nitro benzene ring substituents is 1. The van der Waals surface area contributed by atoms with Gasteiger partial charge in [-0.1, -0.05) is 30.0 Å². The maximum atomic E-state index is 12.4. The van der Waals surface area contributed by atoms with Crippen molar-refractivity contribution in [2.75, 3.05) is 16.4 Å². The number of hydrogen-bond donors (Lipinski definition) is 2. The van der Waals surface area contributed by atoms with Crippen LogP contribution in [0.5, 0.6) is 0 Å². The van der Waals surface area contributed by atoms with E-state index in [9.17, 15) is 19.7 Å². The molecule has 2 aromatic carbocycles. The van der Waals surface area contributed by atoms with E-state index in [0.717, 1.165) is 11.3 Å². The van der Waals surface area contributed by atoms with E-state index in [1.54, 1.807) is 4.57 Å². The second-order valence-electron chi connectivity index (χ2n) is 6.82. The lowest BCUT2D eigenvalue weighted by molar-refractivity contribution is -0.384. The molecule has 3 aromatic rings. The number of anilines is 2. The number of rotatable bonds is 9. The smallest absolute Gasteiger partial charge is 0.269 e. The summed E-state index contributed by atoms with van der Waals surface area (Å²) in [7, 11) is 0. The minimum atomic E-state index is -0.502. The van der Waals surface area contributed by atoms with E-state index in [1.807, 2.05) is 38.1 Å². The number of aromatic nitrogens is 3. The van der Waals surface area contributed by atoms with Crippen molar-refractivity contribution in [1.82, 2.24) is 14.8 Å². The Balaban J connectivity index is 1.57. The first kappa shape index (κ1) is 22.9. The van der Waals surface area contributed by atoms with Crippen LogP contribution in [0.2, 0.25) is 0 Å². The highest BCUT2D eigenvalue weighted by molar-refractivity contribution is 7.99. The number of aryl methyl sites for hydroxylation is 1. The molecular formula is C21H22N6O4S. The summed E-state index contributed by atoms with van der Waals surface area (Å²) in [5.41, 5.74) is 2.13. The number of hydrogen-bond acceptors (Lipinski definition) is 7. The molecule has 0 radical (unpaired) electrons. The van der Waals surface area contributed by atoms with Crippen LogP contribution in [0.15, 0.2) is 53.7 Å². The standard InChI is InChI=1S/C21H22N6O4S/c1-3-26-18(12-19(28)23-17-7-5-4-6-14(17)2)24-25-21(26)32-13-20(29)22-15-8-10-16(11-9-15)27(30)31/h4-11H,3,12-13H2,1-2H3,(H,22,29)(H,23,28). The maximum absolute atomic E-state index is 12.4. The molecule has 166 valence electrons.